The van der Waals surface area contributed by atoms with E-state index in [0.717, 1.165) is 16.8 Å². The van der Waals surface area contributed by atoms with Crippen molar-refractivity contribution in [2.75, 3.05) is 0 Å². The van der Waals surface area contributed by atoms with Crippen molar-refractivity contribution in [3.8, 4) is 0 Å². The summed E-state index contributed by atoms with van der Waals surface area (Å²) >= 11 is 0. The maximum Gasteiger partial charge on any atom is 0.0908 e. The van der Waals surface area contributed by atoms with Gasteiger partial charge in [0.2, 0.25) is 0 Å². The van der Waals surface area contributed by atoms with Crippen molar-refractivity contribution >= 4 is 5.69 Å². The van der Waals surface area contributed by atoms with Crippen LogP contribution in [0.2, 0.25) is 0 Å². The number of hydrogen-bond acceptors (Lipinski definition) is 2. The second kappa shape index (κ2) is 2.82. The van der Waals surface area contributed by atoms with Gasteiger partial charge in [-0.25, -0.2) is 5.53 Å². The molecule has 0 saturated carbocycles. The van der Waals surface area contributed by atoms with Crippen LogP contribution in [-0.2, 0) is 0 Å². The first-order valence-corrected chi connectivity index (χ1v) is 3.60. The molecule has 0 spiro atoms. The second-order valence-corrected chi connectivity index (χ2v) is 2.86. The molecule has 0 amide bonds. The van der Waals surface area contributed by atoms with Crippen LogP contribution in [0, 0.1) is 26.3 Å². The van der Waals surface area contributed by atoms with Gasteiger partial charge in [-0.05, 0) is 31.9 Å². The molecule has 0 unspecified atom stereocenters. The molecule has 0 aliphatic heterocycles. The summed E-state index contributed by atoms with van der Waals surface area (Å²) in [5.41, 5.74) is 11.1. The van der Waals surface area contributed by atoms with E-state index in [2.05, 4.69) is 5.11 Å². The molecule has 0 fully saturated rings. The second-order valence-electron chi connectivity index (χ2n) is 2.86. The third-order valence-corrected chi connectivity index (χ3v) is 1.75. The van der Waals surface area contributed by atoms with Crippen molar-refractivity contribution < 1.29 is 0 Å². The van der Waals surface area contributed by atoms with E-state index in [9.17, 15) is 0 Å². The molecule has 11 heavy (non-hydrogen) atoms. The number of rotatable bonds is 1. The summed E-state index contributed by atoms with van der Waals surface area (Å²) in [5.74, 6) is 0. The van der Waals surface area contributed by atoms with Crippen LogP contribution in [0.25, 0.3) is 0 Å². The molecule has 0 aliphatic rings. The topological polar surface area (TPSA) is 36.2 Å². The minimum absolute atomic E-state index is 0.801. The molecular weight excluding hydrogens is 136 g/mol. The van der Waals surface area contributed by atoms with Gasteiger partial charge in [-0.15, -0.1) is 0 Å². The van der Waals surface area contributed by atoms with E-state index in [1.165, 1.54) is 5.56 Å². The number of benzene rings is 1. The summed E-state index contributed by atoms with van der Waals surface area (Å²) in [7, 11) is 0. The molecule has 0 bridgehead atoms. The first-order chi connectivity index (χ1) is 5.15. The van der Waals surface area contributed by atoms with E-state index in [1.54, 1.807) is 0 Å². The van der Waals surface area contributed by atoms with Crippen molar-refractivity contribution in [3.05, 3.63) is 28.8 Å². The molecule has 1 N–H and O–H groups in total. The Morgan fingerprint density at radius 2 is 1.55 bits per heavy atom. The van der Waals surface area contributed by atoms with Gasteiger partial charge in [0.1, 0.15) is 0 Å². The maximum atomic E-state index is 6.92. The number of nitrogens with one attached hydrogen (secondary N) is 1. The highest BCUT2D eigenvalue weighted by molar-refractivity contribution is 5.52. The molecule has 0 heterocycles. The van der Waals surface area contributed by atoms with Crippen LogP contribution in [0.15, 0.2) is 17.2 Å². The van der Waals surface area contributed by atoms with Crippen LogP contribution in [-0.4, -0.2) is 0 Å². The van der Waals surface area contributed by atoms with E-state index >= 15 is 0 Å². The average molecular weight is 148 g/mol. The molecule has 0 aliphatic carbocycles. The molecule has 1 rings (SSSR count). The van der Waals surface area contributed by atoms with Crippen LogP contribution in [0.5, 0.6) is 0 Å². The fraction of sp³-hybridized carbons (Fsp3) is 0.333. The van der Waals surface area contributed by atoms with Crippen LogP contribution < -0.4 is 0 Å². The fourth-order valence-electron chi connectivity index (χ4n) is 1.35. The lowest BCUT2D eigenvalue weighted by Gasteiger charge is -2.03. The van der Waals surface area contributed by atoms with Crippen LogP contribution in [0.4, 0.5) is 5.69 Å². The minimum atomic E-state index is 0.801. The Balaban J connectivity index is 3.36. The third-order valence-electron chi connectivity index (χ3n) is 1.75. The van der Waals surface area contributed by atoms with Gasteiger partial charge in [0, 0.05) is 0 Å². The Morgan fingerprint density at radius 3 is 1.91 bits per heavy atom. The van der Waals surface area contributed by atoms with Crippen molar-refractivity contribution in [1.29, 1.82) is 5.53 Å². The lowest BCUT2D eigenvalue weighted by atomic mass is 10.1. The van der Waals surface area contributed by atoms with E-state index in [4.69, 9.17) is 5.53 Å². The molecule has 2 heteroatoms. The molecule has 1 aromatic carbocycles. The normalized spacial score (nSPS) is 9.73. The third kappa shape index (κ3) is 1.45. The van der Waals surface area contributed by atoms with Gasteiger partial charge in [-0.3, -0.25) is 0 Å². The SMILES string of the molecule is Cc1cc(C)c(N=N)c(C)c1. The lowest BCUT2D eigenvalue weighted by Crippen LogP contribution is -1.81. The highest BCUT2D eigenvalue weighted by Crippen LogP contribution is 2.24. The highest BCUT2D eigenvalue weighted by atomic mass is 15.0. The van der Waals surface area contributed by atoms with E-state index in [-0.39, 0.29) is 0 Å². The lowest BCUT2D eigenvalue weighted by molar-refractivity contribution is 1.11. The number of aryl methyl sites for hydroxylation is 3. The highest BCUT2D eigenvalue weighted by Gasteiger charge is 2.00. The molecule has 0 atom stereocenters. The van der Waals surface area contributed by atoms with E-state index in [0.29, 0.717) is 0 Å². The summed E-state index contributed by atoms with van der Waals surface area (Å²) in [4.78, 5) is 0. The molecule has 2 nitrogen and oxygen atoms in total. The summed E-state index contributed by atoms with van der Waals surface area (Å²) in [6.07, 6.45) is 0. The zero-order chi connectivity index (χ0) is 8.43. The van der Waals surface area contributed by atoms with Gasteiger partial charge in [0.05, 0.1) is 5.69 Å². The van der Waals surface area contributed by atoms with Crippen molar-refractivity contribution in [2.45, 2.75) is 20.8 Å². The standard InChI is InChI=1S/C9H12N2/c1-6-4-7(2)9(11-10)8(3)5-6/h4-5,10H,1-3H3. The Kier molecular flexibility index (Phi) is 2.03. The molecule has 0 saturated heterocycles. The Hall–Kier alpha value is -1.18. The summed E-state index contributed by atoms with van der Waals surface area (Å²) in [5, 5.41) is 3.46. The van der Waals surface area contributed by atoms with Gasteiger partial charge in [0.25, 0.3) is 0 Å². The zero-order valence-electron chi connectivity index (χ0n) is 7.10. The monoisotopic (exact) mass is 148 g/mol. The Morgan fingerprint density at radius 1 is 1.09 bits per heavy atom. The van der Waals surface area contributed by atoms with Gasteiger partial charge in [-0.1, -0.05) is 17.7 Å². The van der Waals surface area contributed by atoms with Crippen LogP contribution in [0.3, 0.4) is 0 Å². The molecule has 58 valence electrons. The fourth-order valence-corrected chi connectivity index (χ4v) is 1.35. The van der Waals surface area contributed by atoms with E-state index < -0.39 is 0 Å². The largest absolute Gasteiger partial charge is 0.204 e. The summed E-state index contributed by atoms with van der Waals surface area (Å²) in [6, 6.07) is 4.08. The summed E-state index contributed by atoms with van der Waals surface area (Å²) in [6.45, 7) is 6.01. The zero-order valence-corrected chi connectivity index (χ0v) is 7.10. The summed E-state index contributed by atoms with van der Waals surface area (Å²) < 4.78 is 0. The van der Waals surface area contributed by atoms with Gasteiger partial charge >= 0.3 is 0 Å². The Labute approximate surface area is 66.8 Å². The molecule has 1 aromatic rings. The quantitative estimate of drug-likeness (QED) is 0.593. The molecule has 0 aromatic heterocycles. The number of hydrogen-bond donors (Lipinski definition) is 1. The minimum Gasteiger partial charge on any atom is -0.204 e. The first-order valence-electron chi connectivity index (χ1n) is 3.60. The van der Waals surface area contributed by atoms with Crippen molar-refractivity contribution in [2.24, 2.45) is 5.11 Å². The average Bonchev–Trinajstić information content (AvgIpc) is 1.85. The van der Waals surface area contributed by atoms with Crippen LogP contribution in [0.1, 0.15) is 16.7 Å². The predicted molar refractivity (Wildman–Crippen MR) is 45.5 cm³/mol. The van der Waals surface area contributed by atoms with Crippen molar-refractivity contribution in [3.63, 3.8) is 0 Å². The molecule has 0 radical (unpaired) electrons. The van der Waals surface area contributed by atoms with Crippen molar-refractivity contribution in [1.82, 2.24) is 0 Å². The van der Waals surface area contributed by atoms with Gasteiger partial charge in [-0.2, -0.15) is 5.11 Å². The Bertz CT molecular complexity index is 267. The smallest absolute Gasteiger partial charge is 0.0908 e. The predicted octanol–water partition coefficient (Wildman–Crippen LogP) is 3.27. The first kappa shape index (κ1) is 7.92. The van der Waals surface area contributed by atoms with Crippen LogP contribution >= 0.6 is 0 Å². The number of nitrogens with zero attached hydrogens (tertiary/aromatic N) is 1. The van der Waals surface area contributed by atoms with E-state index in [1.807, 2.05) is 32.9 Å². The van der Waals surface area contributed by atoms with Gasteiger partial charge in [0.15, 0.2) is 0 Å². The van der Waals surface area contributed by atoms with Gasteiger partial charge < -0.3 is 0 Å². The molecular formula is C9H12N2. The maximum absolute atomic E-state index is 6.92.